The molecule has 1 amide bonds. The molecule has 0 radical (unpaired) electrons. The van der Waals surface area contributed by atoms with E-state index < -0.39 is 11.8 Å². The summed E-state index contributed by atoms with van der Waals surface area (Å²) in [5.41, 5.74) is 4.69. The summed E-state index contributed by atoms with van der Waals surface area (Å²) >= 11 is 0. The summed E-state index contributed by atoms with van der Waals surface area (Å²) in [6.07, 6.45) is 12.3. The van der Waals surface area contributed by atoms with Crippen molar-refractivity contribution in [2.24, 2.45) is 12.0 Å². The summed E-state index contributed by atoms with van der Waals surface area (Å²) < 4.78 is 13.9. The van der Waals surface area contributed by atoms with Crippen LogP contribution in [-0.2, 0) is 11.8 Å². The number of nitrogens with zero attached hydrogens (tertiary/aromatic N) is 5. The van der Waals surface area contributed by atoms with Gasteiger partial charge < -0.3 is 14.4 Å². The molecule has 0 bridgehead atoms. The van der Waals surface area contributed by atoms with Crippen molar-refractivity contribution in [1.29, 1.82) is 0 Å². The van der Waals surface area contributed by atoms with E-state index in [0.717, 1.165) is 45.7 Å². The highest BCUT2D eigenvalue weighted by molar-refractivity contribution is 6.01. The number of aromatic nitrogens is 2. The van der Waals surface area contributed by atoms with E-state index in [1.807, 2.05) is 75.1 Å². The van der Waals surface area contributed by atoms with E-state index in [9.17, 15) is 4.79 Å². The number of benzene rings is 2. The molecule has 6 rings (SSSR count). The number of aliphatic imine (C=N–C) groups is 1. The number of aryl methyl sites for hydroxylation is 1. The number of amides is 1. The van der Waals surface area contributed by atoms with Gasteiger partial charge in [-0.15, -0.1) is 0 Å². The summed E-state index contributed by atoms with van der Waals surface area (Å²) in [7, 11) is 1.94. The Morgan fingerprint density at radius 3 is 2.65 bits per heavy atom. The smallest absolute Gasteiger partial charge is 0.410 e. The Morgan fingerprint density at radius 1 is 1.07 bits per heavy atom. The Balaban J connectivity index is 1.28. The van der Waals surface area contributed by atoms with Crippen molar-refractivity contribution < 1.29 is 14.3 Å². The van der Waals surface area contributed by atoms with E-state index in [4.69, 9.17) is 14.5 Å². The molecule has 204 valence electrons. The summed E-state index contributed by atoms with van der Waals surface area (Å²) in [6.45, 7) is 6.78. The van der Waals surface area contributed by atoms with Crippen LogP contribution >= 0.6 is 0 Å². The standard InChI is InChI=1S/C32H33N5O3/c1-32(2,3)40-31(38)36-16-14-22(15-17-36)24-11-13-29-34-27(23-10-12-28-25(18-23)20-33-35(28)4)19-30(37(29)21-24)39-26-8-6-5-7-9-26/h5-14,18-21,30H,15-17H2,1-4H3. The van der Waals surface area contributed by atoms with E-state index in [1.165, 1.54) is 5.57 Å². The quantitative estimate of drug-likeness (QED) is 0.407. The second-order valence-corrected chi connectivity index (χ2v) is 11.1. The second kappa shape index (κ2) is 10.2. The lowest BCUT2D eigenvalue weighted by molar-refractivity contribution is 0.0266. The first kappa shape index (κ1) is 25.7. The largest absolute Gasteiger partial charge is 0.466 e. The van der Waals surface area contributed by atoms with Gasteiger partial charge in [0.2, 0.25) is 0 Å². The van der Waals surface area contributed by atoms with Gasteiger partial charge in [0.05, 0.1) is 17.4 Å². The summed E-state index contributed by atoms with van der Waals surface area (Å²) in [5, 5.41) is 5.44. The Bertz CT molecular complexity index is 1600. The number of amidine groups is 1. The van der Waals surface area contributed by atoms with Crippen molar-refractivity contribution in [3.8, 4) is 5.75 Å². The second-order valence-electron chi connectivity index (χ2n) is 11.1. The van der Waals surface area contributed by atoms with Gasteiger partial charge in [-0.2, -0.15) is 5.10 Å². The zero-order valence-corrected chi connectivity index (χ0v) is 23.2. The molecule has 3 aliphatic heterocycles. The molecular weight excluding hydrogens is 502 g/mol. The van der Waals surface area contributed by atoms with Crippen LogP contribution in [0.15, 0.2) is 101 Å². The van der Waals surface area contributed by atoms with Crippen LogP contribution in [0.25, 0.3) is 16.6 Å². The van der Waals surface area contributed by atoms with E-state index in [0.29, 0.717) is 13.1 Å². The van der Waals surface area contributed by atoms with Crippen molar-refractivity contribution >= 4 is 28.5 Å². The van der Waals surface area contributed by atoms with Crippen LogP contribution in [0.5, 0.6) is 5.75 Å². The predicted molar refractivity (Wildman–Crippen MR) is 157 cm³/mol. The third-order valence-electron chi connectivity index (χ3n) is 7.04. The third kappa shape index (κ3) is 5.30. The SMILES string of the molecule is Cn1ncc2cc(C3=CC(Oc4ccccc4)N4C=C(C5=CCN(C(=O)OC(C)(C)C)CC5)C=CC4=N3)ccc21. The number of rotatable bonds is 4. The molecule has 1 aromatic heterocycles. The van der Waals surface area contributed by atoms with Crippen LogP contribution < -0.4 is 4.74 Å². The van der Waals surface area contributed by atoms with Crippen LogP contribution in [0.1, 0.15) is 32.8 Å². The molecule has 3 aliphatic rings. The first-order valence-corrected chi connectivity index (χ1v) is 13.5. The molecule has 1 atom stereocenters. The number of para-hydroxylation sites is 1. The minimum absolute atomic E-state index is 0.278. The highest BCUT2D eigenvalue weighted by Gasteiger charge is 2.29. The van der Waals surface area contributed by atoms with Gasteiger partial charge in [-0.05, 0) is 74.8 Å². The average molecular weight is 536 g/mol. The van der Waals surface area contributed by atoms with Crippen LogP contribution in [0.2, 0.25) is 0 Å². The molecule has 2 aromatic carbocycles. The topological polar surface area (TPSA) is 72.2 Å². The fourth-order valence-corrected chi connectivity index (χ4v) is 5.01. The van der Waals surface area contributed by atoms with Crippen molar-refractivity contribution in [2.75, 3.05) is 13.1 Å². The molecule has 4 heterocycles. The van der Waals surface area contributed by atoms with E-state index in [2.05, 4.69) is 52.6 Å². The van der Waals surface area contributed by atoms with Gasteiger partial charge in [0.1, 0.15) is 17.2 Å². The van der Waals surface area contributed by atoms with E-state index in [1.54, 1.807) is 4.90 Å². The molecule has 1 unspecified atom stereocenters. The Labute approximate surface area is 234 Å². The number of carbonyl (C=O) groups excluding carboxylic acids is 1. The molecule has 40 heavy (non-hydrogen) atoms. The van der Waals surface area contributed by atoms with E-state index in [-0.39, 0.29) is 6.09 Å². The zero-order chi connectivity index (χ0) is 27.9. The maximum atomic E-state index is 12.5. The van der Waals surface area contributed by atoms with Crippen LogP contribution in [-0.4, -0.2) is 56.4 Å². The maximum absolute atomic E-state index is 12.5. The number of allylic oxidation sites excluding steroid dienone is 2. The number of fused-ring (bicyclic) bond motifs is 2. The third-order valence-corrected chi connectivity index (χ3v) is 7.04. The average Bonchev–Trinajstić information content (AvgIpc) is 3.32. The number of hydrogen-bond donors (Lipinski definition) is 0. The lowest BCUT2D eigenvalue weighted by Crippen LogP contribution is -2.42. The van der Waals surface area contributed by atoms with Crippen LogP contribution in [0.3, 0.4) is 0 Å². The molecule has 0 N–H and O–H groups in total. The number of carbonyl (C=O) groups is 1. The summed E-state index contributed by atoms with van der Waals surface area (Å²) in [5.74, 6) is 1.58. The fourth-order valence-electron chi connectivity index (χ4n) is 5.01. The molecule has 8 heteroatoms. The van der Waals surface area contributed by atoms with Crippen LogP contribution in [0.4, 0.5) is 4.79 Å². The van der Waals surface area contributed by atoms with E-state index >= 15 is 0 Å². The van der Waals surface area contributed by atoms with Gasteiger partial charge >= 0.3 is 6.09 Å². The Morgan fingerprint density at radius 2 is 1.90 bits per heavy atom. The summed E-state index contributed by atoms with van der Waals surface area (Å²) in [6, 6.07) is 16.1. The predicted octanol–water partition coefficient (Wildman–Crippen LogP) is 6.05. The molecule has 0 fully saturated rings. The molecule has 8 nitrogen and oxygen atoms in total. The van der Waals surface area contributed by atoms with Gasteiger partial charge in [-0.3, -0.25) is 9.58 Å². The van der Waals surface area contributed by atoms with Crippen LogP contribution in [0, 0.1) is 0 Å². The minimum atomic E-state index is -0.510. The van der Waals surface area contributed by atoms with Gasteiger partial charge in [-0.1, -0.05) is 30.3 Å². The first-order chi connectivity index (χ1) is 19.2. The molecule has 0 saturated heterocycles. The highest BCUT2D eigenvalue weighted by Crippen LogP contribution is 2.32. The lowest BCUT2D eigenvalue weighted by atomic mass is 9.97. The van der Waals surface area contributed by atoms with Crippen molar-refractivity contribution in [1.82, 2.24) is 19.6 Å². The normalized spacial score (nSPS) is 18.9. The highest BCUT2D eigenvalue weighted by atomic mass is 16.6. The Kier molecular flexibility index (Phi) is 6.54. The number of ether oxygens (including phenoxy) is 2. The summed E-state index contributed by atoms with van der Waals surface area (Å²) in [4.78, 5) is 21.3. The molecule has 0 saturated carbocycles. The van der Waals surface area contributed by atoms with Crippen molar-refractivity contribution in [3.05, 3.63) is 102 Å². The van der Waals surface area contributed by atoms with Gasteiger partial charge in [-0.25, -0.2) is 9.79 Å². The maximum Gasteiger partial charge on any atom is 0.410 e. The monoisotopic (exact) mass is 535 g/mol. The van der Waals surface area contributed by atoms with Gasteiger partial charge in [0.25, 0.3) is 0 Å². The fraction of sp³-hybridized carbons (Fsp3) is 0.281. The van der Waals surface area contributed by atoms with Crippen molar-refractivity contribution in [3.63, 3.8) is 0 Å². The minimum Gasteiger partial charge on any atom is -0.466 e. The molecule has 0 spiro atoms. The lowest BCUT2D eigenvalue weighted by Gasteiger charge is -2.35. The van der Waals surface area contributed by atoms with Gasteiger partial charge in [0, 0.05) is 43.4 Å². The zero-order valence-electron chi connectivity index (χ0n) is 23.2. The Hall–Kier alpha value is -4.59. The first-order valence-electron chi connectivity index (χ1n) is 13.5. The van der Waals surface area contributed by atoms with Gasteiger partial charge in [0.15, 0.2) is 6.23 Å². The molecular formula is C32H33N5O3. The molecule has 0 aliphatic carbocycles. The number of hydrogen-bond acceptors (Lipinski definition) is 6. The molecule has 3 aromatic rings. The van der Waals surface area contributed by atoms with Crippen molar-refractivity contribution in [2.45, 2.75) is 39.0 Å².